The largest absolute Gasteiger partial charge is 0.542 e. The van der Waals surface area contributed by atoms with E-state index in [-0.39, 0.29) is 5.78 Å². The van der Waals surface area contributed by atoms with Crippen molar-refractivity contribution in [2.24, 2.45) is 0 Å². The summed E-state index contributed by atoms with van der Waals surface area (Å²) in [5.41, 5.74) is 16.8. The molecule has 0 unspecified atom stereocenters. The second-order valence-corrected chi connectivity index (χ2v) is 24.8. The summed E-state index contributed by atoms with van der Waals surface area (Å²) >= 11 is 0. The Morgan fingerprint density at radius 2 is 1.16 bits per heavy atom. The third-order valence-electron chi connectivity index (χ3n) is 11.2. The van der Waals surface area contributed by atoms with Crippen molar-refractivity contribution in [1.82, 2.24) is 0 Å². The lowest BCUT2D eigenvalue weighted by atomic mass is 9.90. The second kappa shape index (κ2) is 19.0. The number of anilines is 3. The van der Waals surface area contributed by atoms with Crippen LogP contribution >= 0.6 is 0 Å². The molecule has 0 saturated heterocycles. The lowest BCUT2D eigenvalue weighted by Gasteiger charge is -2.37. The Kier molecular flexibility index (Phi) is 14.3. The van der Waals surface area contributed by atoms with Gasteiger partial charge in [0.2, 0.25) is 0 Å². The number of benzene rings is 4. The van der Waals surface area contributed by atoms with Gasteiger partial charge in [0.15, 0.2) is 11.5 Å². The molecule has 2 aliphatic heterocycles. The maximum atomic E-state index is 13.4. The third-order valence-corrected chi connectivity index (χ3v) is 18.3. The maximum absolute atomic E-state index is 13.4. The smallest absolute Gasteiger partial charge is 0.430 e. The summed E-state index contributed by atoms with van der Waals surface area (Å²) in [5, 5.41) is 20.1. The number of halogens is 3. The SMILES string of the molecule is C=CCN(CC=C)c1ccc2c(c1)[Si](C)(C)c1cc(N(CC=C)CC=C)ccc1C2=O.C[Si]1(C)C2=CC(=[NH2+])C=CC2=C(c2ccccc2)c2ccc(N)cc21.O=C([O-])C(F)(F)F. The van der Waals surface area contributed by atoms with Crippen LogP contribution in [0.3, 0.4) is 0 Å². The number of hydrogen-bond donors (Lipinski definition) is 2. The lowest BCUT2D eigenvalue weighted by Crippen LogP contribution is -2.60. The number of carbonyl (C=O) groups excluding carboxylic acids is 2. The molecule has 7 nitrogen and oxygen atoms in total. The third kappa shape index (κ3) is 9.67. The van der Waals surface area contributed by atoms with Crippen molar-refractivity contribution >= 4 is 71.8 Å². The zero-order valence-electron chi connectivity index (χ0n) is 35.7. The number of aliphatic carboxylic acids is 1. The molecule has 3 aliphatic rings. The van der Waals surface area contributed by atoms with E-state index in [2.05, 4.69) is 129 Å². The molecule has 0 amide bonds. The van der Waals surface area contributed by atoms with Crippen LogP contribution in [0.2, 0.25) is 26.2 Å². The normalized spacial score (nSPS) is 15.0. The van der Waals surface area contributed by atoms with Gasteiger partial charge in [-0.1, -0.05) is 86.9 Å². The summed E-state index contributed by atoms with van der Waals surface area (Å²) in [5.74, 6) is -2.89. The van der Waals surface area contributed by atoms with Crippen molar-refractivity contribution < 1.29 is 33.3 Å². The molecule has 0 bridgehead atoms. The molecule has 0 saturated carbocycles. The number of fused-ring (bicyclic) bond motifs is 4. The van der Waals surface area contributed by atoms with Crippen molar-refractivity contribution in [3.63, 3.8) is 0 Å². The molecule has 0 spiro atoms. The van der Waals surface area contributed by atoms with Crippen LogP contribution < -0.4 is 41.6 Å². The first-order valence-corrected chi connectivity index (χ1v) is 26.1. The Bertz CT molecular complexity index is 2440. The number of carboxylic acid groups (broad SMARTS) is 1. The molecule has 0 aromatic heterocycles. The predicted molar refractivity (Wildman–Crippen MR) is 254 cm³/mol. The molecule has 4 aromatic carbocycles. The van der Waals surface area contributed by atoms with E-state index in [9.17, 15) is 18.0 Å². The molecule has 320 valence electrons. The summed E-state index contributed by atoms with van der Waals surface area (Å²) in [7, 11) is -3.95. The van der Waals surface area contributed by atoms with Gasteiger partial charge in [-0.25, -0.2) is 0 Å². The molecule has 4 aromatic rings. The monoisotopic (exact) mass is 870 g/mol. The van der Waals surface area contributed by atoms with E-state index in [0.29, 0.717) is 0 Å². The van der Waals surface area contributed by atoms with E-state index < -0.39 is 28.3 Å². The number of nitrogens with zero attached hydrogens (tertiary/aromatic N) is 2. The molecule has 7 rings (SSSR count). The fourth-order valence-electron chi connectivity index (χ4n) is 8.17. The maximum Gasteiger partial charge on any atom is 0.430 e. The van der Waals surface area contributed by atoms with Crippen molar-refractivity contribution in [3.8, 4) is 0 Å². The first-order chi connectivity index (χ1) is 29.3. The topological polar surface area (TPSA) is 115 Å². The van der Waals surface area contributed by atoms with Crippen molar-refractivity contribution in [2.45, 2.75) is 32.4 Å². The van der Waals surface area contributed by atoms with Crippen molar-refractivity contribution in [1.29, 1.82) is 0 Å². The average Bonchev–Trinajstić information content (AvgIpc) is 3.23. The molecule has 4 N–H and O–H groups in total. The van der Waals surface area contributed by atoms with Gasteiger partial charge in [-0.15, -0.1) is 26.3 Å². The minimum absolute atomic E-state index is 0.118. The Hall–Kier alpha value is -6.51. The van der Waals surface area contributed by atoms with E-state index in [4.69, 9.17) is 21.0 Å². The average molecular weight is 871 g/mol. The zero-order valence-corrected chi connectivity index (χ0v) is 37.7. The number of carbonyl (C=O) groups is 2. The fraction of sp³-hybridized carbons (Fsp3) is 0.180. The van der Waals surface area contributed by atoms with Crippen molar-refractivity contribution in [3.05, 3.63) is 187 Å². The molecule has 0 atom stereocenters. The standard InChI is InChI=1S/C27H32N2OSi.C21H20N2Si.C2HF3O2/c1-7-15-28(16-8-2)21-11-13-23-25(19-21)31(5,6)26-20-22(12-14-24(26)27(23)30)29(17-9-3)18-10-4;1-24(2)19-12-15(22)8-10-17(19)21(14-6-4-3-5-7-14)18-11-9-16(23)13-20(18)24;3-2(4,5)1(6)7/h7-14,19-20H,1-4,15-18H2,5-6H3;3-13,22H,23H2,1-2H3;(H,6,7). The van der Waals surface area contributed by atoms with E-state index >= 15 is 0 Å². The lowest BCUT2D eigenvalue weighted by molar-refractivity contribution is -0.344. The quantitative estimate of drug-likeness (QED) is 0.110. The summed E-state index contributed by atoms with van der Waals surface area (Å²) in [6, 6.07) is 29.5. The van der Waals surface area contributed by atoms with Crippen LogP contribution in [0.15, 0.2) is 165 Å². The number of nitrogen functional groups attached to an aromatic ring is 1. The van der Waals surface area contributed by atoms with E-state index in [1.807, 2.05) is 60.7 Å². The number of allylic oxidation sites excluding steroid dienone is 5. The summed E-state index contributed by atoms with van der Waals surface area (Å²) in [4.78, 5) is 26.6. The minimum atomic E-state index is -5.19. The Morgan fingerprint density at radius 3 is 1.61 bits per heavy atom. The van der Waals surface area contributed by atoms with Crippen LogP contribution in [0.25, 0.3) is 5.57 Å². The van der Waals surface area contributed by atoms with Crippen LogP contribution in [0.4, 0.5) is 30.2 Å². The van der Waals surface area contributed by atoms with Gasteiger partial charge in [-0.3, -0.25) is 10.2 Å². The first kappa shape index (κ1) is 46.6. The van der Waals surface area contributed by atoms with Gasteiger partial charge in [0.1, 0.15) is 22.1 Å². The predicted octanol–water partition coefficient (Wildman–Crippen LogP) is 5.94. The molecular weight excluding hydrogens is 818 g/mol. The van der Waals surface area contributed by atoms with Gasteiger partial charge in [0.25, 0.3) is 0 Å². The van der Waals surface area contributed by atoms with Crippen LogP contribution in [0.5, 0.6) is 0 Å². The van der Waals surface area contributed by atoms with Crippen LogP contribution in [-0.4, -0.2) is 66.0 Å². The number of alkyl halides is 3. The summed E-state index contributed by atoms with van der Waals surface area (Å²) in [6.45, 7) is 27.9. The molecule has 1 aliphatic carbocycles. The highest BCUT2D eigenvalue weighted by Crippen LogP contribution is 2.41. The number of rotatable bonds is 11. The van der Waals surface area contributed by atoms with Crippen LogP contribution in [0.1, 0.15) is 27.0 Å². The Balaban J connectivity index is 0.000000207. The molecule has 2 heterocycles. The molecule has 12 heteroatoms. The molecular formula is C50H53F3N4O3Si2. The number of carboxylic acids is 1. The first-order valence-electron chi connectivity index (χ1n) is 20.1. The highest BCUT2D eigenvalue weighted by Gasteiger charge is 2.41. The van der Waals surface area contributed by atoms with Gasteiger partial charge < -0.3 is 25.4 Å². The van der Waals surface area contributed by atoms with E-state index in [1.54, 1.807) is 0 Å². The van der Waals surface area contributed by atoms with Gasteiger partial charge in [-0.2, -0.15) is 13.2 Å². The van der Waals surface area contributed by atoms with Gasteiger partial charge in [0, 0.05) is 66.5 Å². The van der Waals surface area contributed by atoms with Gasteiger partial charge in [0.05, 0.1) is 0 Å². The second-order valence-electron chi connectivity index (χ2n) is 16.1. The molecule has 62 heavy (non-hydrogen) atoms. The highest BCUT2D eigenvalue weighted by molar-refractivity contribution is 7.02. The number of hydrogen-bond acceptors (Lipinski definition) is 6. The van der Waals surface area contributed by atoms with E-state index in [0.717, 1.165) is 60.1 Å². The zero-order chi connectivity index (χ0) is 45.6. The molecule has 0 fully saturated rings. The van der Waals surface area contributed by atoms with Gasteiger partial charge >= 0.3 is 6.18 Å². The Morgan fingerprint density at radius 1 is 0.710 bits per heavy atom. The summed E-state index contributed by atoms with van der Waals surface area (Å²) in [6.07, 6.45) is 8.74. The summed E-state index contributed by atoms with van der Waals surface area (Å²) < 4.78 is 31.5. The minimum Gasteiger partial charge on any atom is -0.542 e. The number of ketones is 1. The van der Waals surface area contributed by atoms with E-state index in [1.165, 1.54) is 43.0 Å². The highest BCUT2D eigenvalue weighted by atomic mass is 28.3. The fourth-order valence-corrected chi connectivity index (χ4v) is 14.3. The molecule has 0 radical (unpaired) electrons. The van der Waals surface area contributed by atoms with Crippen molar-refractivity contribution in [2.75, 3.05) is 41.7 Å². The number of nitrogens with two attached hydrogens (primary N) is 2. The van der Waals surface area contributed by atoms with Gasteiger partial charge in [-0.05, 0) is 97.6 Å². The van der Waals surface area contributed by atoms with Crippen LogP contribution in [0, 0.1) is 0 Å². The Labute approximate surface area is 364 Å². The van der Waals surface area contributed by atoms with Crippen LogP contribution in [-0.2, 0) is 4.79 Å².